The number of rotatable bonds is 6. The number of ether oxygens (including phenoxy) is 1. The zero-order valence-electron chi connectivity index (χ0n) is 15.1. The second-order valence-corrected chi connectivity index (χ2v) is 8.22. The molecule has 0 aliphatic rings. The predicted octanol–water partition coefficient (Wildman–Crippen LogP) is 4.38. The van der Waals surface area contributed by atoms with Gasteiger partial charge in [0.05, 0.1) is 17.7 Å². The molecule has 0 spiro atoms. The van der Waals surface area contributed by atoms with Crippen LogP contribution in [-0.2, 0) is 19.6 Å². The van der Waals surface area contributed by atoms with Crippen LogP contribution in [0.5, 0.6) is 0 Å². The van der Waals surface area contributed by atoms with Gasteiger partial charge in [-0.15, -0.1) is 0 Å². The Labute approximate surface area is 169 Å². The molecule has 0 amide bonds. The van der Waals surface area contributed by atoms with E-state index >= 15 is 0 Å². The van der Waals surface area contributed by atoms with Gasteiger partial charge < -0.3 is 4.74 Å². The fourth-order valence-electron chi connectivity index (χ4n) is 2.77. The first-order valence-corrected chi connectivity index (χ1v) is 10.2. The number of hydrogen-bond donors (Lipinski definition) is 0. The van der Waals surface area contributed by atoms with Crippen molar-refractivity contribution in [3.63, 3.8) is 0 Å². The Balaban J connectivity index is 2.17. The van der Waals surface area contributed by atoms with E-state index in [9.17, 15) is 13.2 Å². The third kappa shape index (κ3) is 4.18. The van der Waals surface area contributed by atoms with Gasteiger partial charge >= 0.3 is 5.97 Å². The quantitative estimate of drug-likeness (QED) is 0.560. The van der Waals surface area contributed by atoms with E-state index in [4.69, 9.17) is 16.3 Å². The fraction of sp³-hybridized carbons (Fsp3) is 0.0952. The van der Waals surface area contributed by atoms with Crippen molar-refractivity contribution in [2.45, 2.75) is 4.90 Å². The van der Waals surface area contributed by atoms with Crippen molar-refractivity contribution in [2.24, 2.45) is 0 Å². The Bertz CT molecular complexity index is 1070. The minimum atomic E-state index is -4.03. The number of esters is 1. The highest BCUT2D eigenvalue weighted by Crippen LogP contribution is 2.34. The summed E-state index contributed by atoms with van der Waals surface area (Å²) >= 11 is 5.89. The molecule has 144 valence electrons. The molecule has 0 aliphatic heterocycles. The van der Waals surface area contributed by atoms with Crippen LogP contribution in [0.1, 0.15) is 0 Å². The largest absolute Gasteiger partial charge is 0.468 e. The van der Waals surface area contributed by atoms with Crippen LogP contribution in [0.4, 0.5) is 5.69 Å². The number of halogens is 1. The van der Waals surface area contributed by atoms with Crippen molar-refractivity contribution in [1.29, 1.82) is 0 Å². The molecule has 0 aromatic heterocycles. The fourth-order valence-corrected chi connectivity index (χ4v) is 4.32. The molecular weight excluding hydrogens is 398 g/mol. The summed E-state index contributed by atoms with van der Waals surface area (Å²) < 4.78 is 32.5. The van der Waals surface area contributed by atoms with E-state index in [1.165, 1.54) is 31.4 Å². The first-order valence-electron chi connectivity index (χ1n) is 8.43. The van der Waals surface area contributed by atoms with Gasteiger partial charge in [-0.3, -0.25) is 9.10 Å². The number of methoxy groups -OCH3 is 1. The number of hydrogen-bond acceptors (Lipinski definition) is 4. The molecule has 0 fully saturated rings. The van der Waals surface area contributed by atoms with Crippen LogP contribution in [0.15, 0.2) is 83.8 Å². The molecule has 0 radical (unpaired) electrons. The molecule has 0 heterocycles. The summed E-state index contributed by atoms with van der Waals surface area (Å²) in [5, 5.41) is 0.420. The third-order valence-electron chi connectivity index (χ3n) is 4.16. The molecule has 0 unspecified atom stereocenters. The Morgan fingerprint density at radius 1 is 0.929 bits per heavy atom. The van der Waals surface area contributed by atoms with E-state index in [-0.39, 0.29) is 4.90 Å². The SMILES string of the molecule is COC(=O)CN(c1ccccc1-c1ccccc1)S(=O)(=O)c1ccc(Cl)cc1. The first-order chi connectivity index (χ1) is 13.4. The summed E-state index contributed by atoms with van der Waals surface area (Å²) in [6.45, 7) is -0.453. The van der Waals surface area contributed by atoms with Crippen molar-refractivity contribution in [1.82, 2.24) is 0 Å². The lowest BCUT2D eigenvalue weighted by Crippen LogP contribution is -2.36. The molecule has 28 heavy (non-hydrogen) atoms. The van der Waals surface area contributed by atoms with E-state index in [0.717, 1.165) is 9.87 Å². The normalized spacial score (nSPS) is 11.1. The van der Waals surface area contributed by atoms with Crippen molar-refractivity contribution >= 4 is 33.3 Å². The maximum Gasteiger partial charge on any atom is 0.326 e. The molecule has 3 aromatic carbocycles. The number of carbonyl (C=O) groups is 1. The third-order valence-corrected chi connectivity index (χ3v) is 6.19. The zero-order chi connectivity index (χ0) is 20.1. The topological polar surface area (TPSA) is 63.7 Å². The van der Waals surface area contributed by atoms with Gasteiger partial charge in [-0.05, 0) is 35.9 Å². The first kappa shape index (κ1) is 19.9. The van der Waals surface area contributed by atoms with E-state index in [0.29, 0.717) is 16.3 Å². The number of para-hydroxylation sites is 1. The standard InChI is InChI=1S/C21H18ClNO4S/c1-27-21(24)15-23(28(25,26)18-13-11-17(22)12-14-18)20-10-6-5-9-19(20)16-7-3-2-4-8-16/h2-14H,15H2,1H3. The summed E-state index contributed by atoms with van der Waals surface area (Å²) in [6, 6.07) is 22.2. The van der Waals surface area contributed by atoms with Crippen LogP contribution in [-0.4, -0.2) is 28.0 Å². The van der Waals surface area contributed by atoms with Crippen LogP contribution in [0.2, 0.25) is 5.02 Å². The Morgan fingerprint density at radius 3 is 2.18 bits per heavy atom. The van der Waals surface area contributed by atoms with Crippen LogP contribution >= 0.6 is 11.6 Å². The van der Waals surface area contributed by atoms with E-state index in [1.54, 1.807) is 12.1 Å². The molecule has 0 bridgehead atoms. The lowest BCUT2D eigenvalue weighted by molar-refractivity contribution is -0.138. The maximum absolute atomic E-state index is 13.4. The number of nitrogens with zero attached hydrogens (tertiary/aromatic N) is 1. The van der Waals surface area contributed by atoms with Gasteiger partial charge in [0.2, 0.25) is 0 Å². The highest BCUT2D eigenvalue weighted by atomic mass is 35.5. The molecule has 0 aliphatic carbocycles. The van der Waals surface area contributed by atoms with E-state index < -0.39 is 22.5 Å². The number of anilines is 1. The monoisotopic (exact) mass is 415 g/mol. The highest BCUT2D eigenvalue weighted by Gasteiger charge is 2.29. The Morgan fingerprint density at radius 2 is 1.54 bits per heavy atom. The summed E-state index contributed by atoms with van der Waals surface area (Å²) in [5.41, 5.74) is 1.90. The molecule has 5 nitrogen and oxygen atoms in total. The van der Waals surface area contributed by atoms with Crippen molar-refractivity contribution in [3.05, 3.63) is 83.9 Å². The van der Waals surface area contributed by atoms with Gasteiger partial charge in [-0.1, -0.05) is 60.1 Å². The van der Waals surface area contributed by atoms with Gasteiger partial charge in [0.25, 0.3) is 10.0 Å². The lowest BCUT2D eigenvalue weighted by Gasteiger charge is -2.26. The van der Waals surface area contributed by atoms with Gasteiger partial charge in [0.1, 0.15) is 6.54 Å². The molecule has 0 saturated carbocycles. The Kier molecular flexibility index (Phi) is 6.02. The lowest BCUT2D eigenvalue weighted by atomic mass is 10.0. The zero-order valence-corrected chi connectivity index (χ0v) is 16.7. The summed E-state index contributed by atoms with van der Waals surface area (Å²) in [4.78, 5) is 12.1. The van der Waals surface area contributed by atoms with Gasteiger partial charge in [-0.2, -0.15) is 0 Å². The second-order valence-electron chi connectivity index (χ2n) is 5.92. The molecule has 7 heteroatoms. The Hall–Kier alpha value is -2.83. The second kappa shape index (κ2) is 8.46. The van der Waals surface area contributed by atoms with Crippen LogP contribution < -0.4 is 4.31 Å². The van der Waals surface area contributed by atoms with Crippen LogP contribution in [0.25, 0.3) is 11.1 Å². The van der Waals surface area contributed by atoms with E-state index in [2.05, 4.69) is 0 Å². The van der Waals surface area contributed by atoms with Crippen molar-refractivity contribution < 1.29 is 17.9 Å². The minimum absolute atomic E-state index is 0.0312. The highest BCUT2D eigenvalue weighted by molar-refractivity contribution is 7.92. The number of sulfonamides is 1. The van der Waals surface area contributed by atoms with Crippen LogP contribution in [0, 0.1) is 0 Å². The average Bonchev–Trinajstić information content (AvgIpc) is 2.72. The summed E-state index contributed by atoms with van der Waals surface area (Å²) in [6.07, 6.45) is 0. The summed E-state index contributed by atoms with van der Waals surface area (Å²) in [7, 11) is -2.81. The number of benzene rings is 3. The predicted molar refractivity (Wildman–Crippen MR) is 110 cm³/mol. The van der Waals surface area contributed by atoms with Gasteiger partial charge in [0.15, 0.2) is 0 Å². The molecule has 3 aromatic rings. The smallest absolute Gasteiger partial charge is 0.326 e. The average molecular weight is 416 g/mol. The van der Waals surface area contributed by atoms with E-state index in [1.807, 2.05) is 42.5 Å². The van der Waals surface area contributed by atoms with Gasteiger partial charge in [0, 0.05) is 10.6 Å². The molecule has 0 N–H and O–H groups in total. The molecule has 0 atom stereocenters. The maximum atomic E-state index is 13.4. The molecule has 0 saturated heterocycles. The minimum Gasteiger partial charge on any atom is -0.468 e. The van der Waals surface area contributed by atoms with Crippen molar-refractivity contribution in [3.8, 4) is 11.1 Å². The molecular formula is C21H18ClNO4S. The molecule has 3 rings (SSSR count). The summed E-state index contributed by atoms with van der Waals surface area (Å²) in [5.74, 6) is -0.666. The number of carbonyl (C=O) groups excluding carboxylic acids is 1. The van der Waals surface area contributed by atoms with Gasteiger partial charge in [-0.25, -0.2) is 8.42 Å². The van der Waals surface area contributed by atoms with Crippen molar-refractivity contribution in [2.75, 3.05) is 18.0 Å². The van der Waals surface area contributed by atoms with Crippen LogP contribution in [0.3, 0.4) is 0 Å².